The highest BCUT2D eigenvalue weighted by atomic mass is 35.5. The van der Waals surface area contributed by atoms with Gasteiger partial charge in [-0.2, -0.15) is 0 Å². The maximum Gasteiger partial charge on any atom is 0.354 e. The molecule has 0 bridgehead atoms. The third-order valence-corrected chi connectivity index (χ3v) is 2.61. The van der Waals surface area contributed by atoms with Crippen molar-refractivity contribution in [2.75, 3.05) is 0 Å². The molecule has 76 valence electrons. The number of nitrogens with zero attached hydrogens (tertiary/aromatic N) is 1. The molecule has 5 heteroatoms. The van der Waals surface area contributed by atoms with Crippen molar-refractivity contribution in [2.45, 2.75) is 0 Å². The van der Waals surface area contributed by atoms with Crippen LogP contribution in [0.15, 0.2) is 24.3 Å². The van der Waals surface area contributed by atoms with E-state index in [2.05, 4.69) is 4.98 Å². The highest BCUT2D eigenvalue weighted by molar-refractivity contribution is 6.39. The predicted octanol–water partition coefficient (Wildman–Crippen LogP) is 3.24. The summed E-state index contributed by atoms with van der Waals surface area (Å²) in [6, 6.07) is 6.55. The number of hydrogen-bond acceptors (Lipinski definition) is 2. The second-order valence-electron chi connectivity index (χ2n) is 2.94. The van der Waals surface area contributed by atoms with Crippen LogP contribution in [0.4, 0.5) is 0 Å². The second kappa shape index (κ2) is 3.68. The minimum Gasteiger partial charge on any atom is -0.477 e. The van der Waals surface area contributed by atoms with Crippen LogP contribution >= 0.6 is 23.2 Å². The molecule has 0 aliphatic rings. The summed E-state index contributed by atoms with van der Waals surface area (Å²) in [7, 11) is 0. The lowest BCUT2D eigenvalue weighted by atomic mass is 10.1. The highest BCUT2D eigenvalue weighted by Gasteiger charge is 2.10. The van der Waals surface area contributed by atoms with E-state index in [4.69, 9.17) is 28.3 Å². The van der Waals surface area contributed by atoms with E-state index < -0.39 is 5.97 Å². The van der Waals surface area contributed by atoms with Gasteiger partial charge in [0.25, 0.3) is 0 Å². The van der Waals surface area contributed by atoms with E-state index in [1.807, 2.05) is 0 Å². The van der Waals surface area contributed by atoms with Crippen molar-refractivity contribution < 1.29 is 9.90 Å². The Labute approximate surface area is 95.3 Å². The molecular weight excluding hydrogens is 237 g/mol. The maximum atomic E-state index is 10.7. The van der Waals surface area contributed by atoms with Gasteiger partial charge in [0.1, 0.15) is 5.15 Å². The fourth-order valence-corrected chi connectivity index (χ4v) is 1.79. The molecule has 0 atom stereocenters. The van der Waals surface area contributed by atoms with Gasteiger partial charge < -0.3 is 5.11 Å². The van der Waals surface area contributed by atoms with E-state index in [1.165, 1.54) is 6.07 Å². The van der Waals surface area contributed by atoms with Crippen LogP contribution in [0.25, 0.3) is 10.8 Å². The SMILES string of the molecule is O=C(O)c1cc2c(Cl)cccc2c(Cl)n1. The van der Waals surface area contributed by atoms with Crippen molar-refractivity contribution in [1.82, 2.24) is 4.98 Å². The van der Waals surface area contributed by atoms with E-state index in [0.717, 1.165) is 0 Å². The summed E-state index contributed by atoms with van der Waals surface area (Å²) < 4.78 is 0. The molecule has 0 unspecified atom stereocenters. The Kier molecular flexibility index (Phi) is 2.50. The van der Waals surface area contributed by atoms with Crippen LogP contribution < -0.4 is 0 Å². The van der Waals surface area contributed by atoms with E-state index in [-0.39, 0.29) is 10.8 Å². The quantitative estimate of drug-likeness (QED) is 0.781. The fraction of sp³-hybridized carbons (Fsp3) is 0. The van der Waals surface area contributed by atoms with E-state index in [1.54, 1.807) is 18.2 Å². The van der Waals surface area contributed by atoms with Crippen LogP contribution in [0.5, 0.6) is 0 Å². The summed E-state index contributed by atoms with van der Waals surface area (Å²) >= 11 is 11.8. The van der Waals surface area contributed by atoms with Gasteiger partial charge >= 0.3 is 5.97 Å². The van der Waals surface area contributed by atoms with Gasteiger partial charge in [-0.05, 0) is 12.1 Å². The van der Waals surface area contributed by atoms with Crippen molar-refractivity contribution in [3.63, 3.8) is 0 Å². The summed E-state index contributed by atoms with van der Waals surface area (Å²) in [6.45, 7) is 0. The number of halogens is 2. The number of pyridine rings is 1. The lowest BCUT2D eigenvalue weighted by molar-refractivity contribution is 0.0691. The van der Waals surface area contributed by atoms with Gasteiger partial charge in [0.2, 0.25) is 0 Å². The standard InChI is InChI=1S/C10H5Cl2NO2/c11-7-3-1-2-5-6(7)4-8(10(14)15)13-9(5)12/h1-4H,(H,14,15). The third kappa shape index (κ3) is 1.76. The van der Waals surface area contributed by atoms with Crippen molar-refractivity contribution >= 4 is 39.9 Å². The molecule has 2 aromatic rings. The molecule has 1 aromatic carbocycles. The number of aromatic nitrogens is 1. The van der Waals surface area contributed by atoms with E-state index in [9.17, 15) is 4.79 Å². The number of carbonyl (C=O) groups is 1. The van der Waals surface area contributed by atoms with Gasteiger partial charge in [0, 0.05) is 15.8 Å². The minimum atomic E-state index is -1.13. The first-order valence-corrected chi connectivity index (χ1v) is 4.83. The first-order valence-electron chi connectivity index (χ1n) is 4.07. The molecule has 0 amide bonds. The normalized spacial score (nSPS) is 10.5. The Morgan fingerprint density at radius 1 is 1.27 bits per heavy atom. The molecule has 1 aromatic heterocycles. The van der Waals surface area contributed by atoms with E-state index in [0.29, 0.717) is 15.8 Å². The predicted molar refractivity (Wildman–Crippen MR) is 58.7 cm³/mol. The molecular formula is C10H5Cl2NO2. The Morgan fingerprint density at radius 2 is 2.00 bits per heavy atom. The number of rotatable bonds is 1. The van der Waals surface area contributed by atoms with Crippen LogP contribution in [-0.2, 0) is 0 Å². The average Bonchev–Trinajstić information content (AvgIpc) is 2.19. The summed E-state index contributed by atoms with van der Waals surface area (Å²) in [4.78, 5) is 14.5. The van der Waals surface area contributed by atoms with Crippen LogP contribution in [0.3, 0.4) is 0 Å². The molecule has 15 heavy (non-hydrogen) atoms. The van der Waals surface area contributed by atoms with Crippen LogP contribution in [0.1, 0.15) is 10.5 Å². The molecule has 0 radical (unpaired) electrons. The molecule has 1 N–H and O–H groups in total. The van der Waals surface area contributed by atoms with E-state index >= 15 is 0 Å². The Hall–Kier alpha value is -1.32. The van der Waals surface area contributed by atoms with Gasteiger partial charge in [0.05, 0.1) is 0 Å². The van der Waals surface area contributed by atoms with Crippen molar-refractivity contribution in [1.29, 1.82) is 0 Å². The molecule has 0 fully saturated rings. The van der Waals surface area contributed by atoms with Crippen LogP contribution in [0, 0.1) is 0 Å². The summed E-state index contributed by atoms with van der Waals surface area (Å²) in [5.41, 5.74) is -0.111. The lowest BCUT2D eigenvalue weighted by Gasteiger charge is -2.03. The number of carboxylic acids is 1. The maximum absolute atomic E-state index is 10.7. The molecule has 0 saturated heterocycles. The Morgan fingerprint density at radius 3 is 2.67 bits per heavy atom. The topological polar surface area (TPSA) is 50.2 Å². The van der Waals surface area contributed by atoms with Crippen molar-refractivity contribution in [3.05, 3.63) is 40.1 Å². The summed E-state index contributed by atoms with van der Waals surface area (Å²) in [5, 5.41) is 10.6. The zero-order chi connectivity index (χ0) is 11.0. The zero-order valence-corrected chi connectivity index (χ0v) is 8.88. The molecule has 0 spiro atoms. The highest BCUT2D eigenvalue weighted by Crippen LogP contribution is 2.28. The van der Waals surface area contributed by atoms with Crippen LogP contribution in [-0.4, -0.2) is 16.1 Å². The Bertz CT molecular complexity index is 554. The van der Waals surface area contributed by atoms with Crippen molar-refractivity contribution in [2.24, 2.45) is 0 Å². The molecule has 2 rings (SSSR count). The zero-order valence-electron chi connectivity index (χ0n) is 7.37. The fourth-order valence-electron chi connectivity index (χ4n) is 1.31. The molecule has 3 nitrogen and oxygen atoms in total. The molecule has 0 aliphatic carbocycles. The largest absolute Gasteiger partial charge is 0.477 e. The monoisotopic (exact) mass is 241 g/mol. The smallest absolute Gasteiger partial charge is 0.354 e. The molecule has 1 heterocycles. The first kappa shape index (κ1) is 10.2. The number of carboxylic acid groups (broad SMARTS) is 1. The van der Waals surface area contributed by atoms with Gasteiger partial charge in [-0.25, -0.2) is 9.78 Å². The van der Waals surface area contributed by atoms with Gasteiger partial charge in [-0.15, -0.1) is 0 Å². The van der Waals surface area contributed by atoms with Gasteiger partial charge in [0.15, 0.2) is 5.69 Å². The van der Waals surface area contributed by atoms with Crippen molar-refractivity contribution in [3.8, 4) is 0 Å². The average molecular weight is 242 g/mol. The number of fused-ring (bicyclic) bond motifs is 1. The van der Waals surface area contributed by atoms with Gasteiger partial charge in [-0.3, -0.25) is 0 Å². The van der Waals surface area contributed by atoms with Crippen LogP contribution in [0.2, 0.25) is 10.2 Å². The Balaban J connectivity index is 2.85. The lowest BCUT2D eigenvalue weighted by Crippen LogP contribution is -2.00. The number of aromatic carboxylic acids is 1. The summed E-state index contributed by atoms with van der Waals surface area (Å²) in [5.74, 6) is -1.13. The summed E-state index contributed by atoms with van der Waals surface area (Å²) in [6.07, 6.45) is 0. The van der Waals surface area contributed by atoms with Gasteiger partial charge in [-0.1, -0.05) is 35.3 Å². The third-order valence-electron chi connectivity index (χ3n) is 1.99. The number of benzene rings is 1. The molecule has 0 saturated carbocycles. The first-order chi connectivity index (χ1) is 7.09. The number of hydrogen-bond donors (Lipinski definition) is 1. The second-order valence-corrected chi connectivity index (χ2v) is 3.70. The minimum absolute atomic E-state index is 0.111. The molecule has 0 aliphatic heterocycles.